The van der Waals surface area contributed by atoms with Gasteiger partial charge in [0.25, 0.3) is 0 Å². The summed E-state index contributed by atoms with van der Waals surface area (Å²) in [6.07, 6.45) is -0.100. The number of benzene rings is 1. The van der Waals surface area contributed by atoms with Gasteiger partial charge >= 0.3 is 0 Å². The van der Waals surface area contributed by atoms with Crippen molar-refractivity contribution in [2.45, 2.75) is 13.3 Å². The molecule has 1 N–H and O–H groups in total. The molecule has 0 bridgehead atoms. The van der Waals surface area contributed by atoms with Crippen molar-refractivity contribution in [2.24, 2.45) is 0 Å². The number of carbonyl (C=O) groups excluding carboxylic acids is 3. The number of rotatable bonds is 3. The Morgan fingerprint density at radius 3 is 2.63 bits per heavy atom. The van der Waals surface area contributed by atoms with Crippen LogP contribution >= 0.6 is 0 Å². The van der Waals surface area contributed by atoms with Crippen LogP contribution in [-0.4, -0.2) is 31.3 Å². The lowest BCUT2D eigenvalue weighted by Gasteiger charge is -2.19. The molecular weight excluding hydrogens is 248 g/mol. The quantitative estimate of drug-likeness (QED) is 0.823. The largest absolute Gasteiger partial charge is 0.497 e. The predicted molar refractivity (Wildman–Crippen MR) is 69.3 cm³/mol. The van der Waals surface area contributed by atoms with Gasteiger partial charge in [0, 0.05) is 13.0 Å². The summed E-state index contributed by atoms with van der Waals surface area (Å²) in [6, 6.07) is 4.95. The first-order valence-electron chi connectivity index (χ1n) is 5.79. The van der Waals surface area contributed by atoms with Gasteiger partial charge in [0.1, 0.15) is 5.75 Å². The standard InChI is InChI=1S/C13H14N2O4/c1-8(16)14-11-4-3-10(19-2)6-12(11)15-7-9(17)5-13(15)18/h3-4,6H,5,7H2,1-2H3,(H,14,16). The van der Waals surface area contributed by atoms with E-state index in [1.54, 1.807) is 18.2 Å². The maximum Gasteiger partial charge on any atom is 0.234 e. The van der Waals surface area contributed by atoms with Crippen LogP contribution in [-0.2, 0) is 14.4 Å². The molecule has 1 saturated heterocycles. The molecule has 6 nitrogen and oxygen atoms in total. The minimum Gasteiger partial charge on any atom is -0.497 e. The first-order chi connectivity index (χ1) is 9.01. The lowest BCUT2D eigenvalue weighted by molar-refractivity contribution is -0.121. The van der Waals surface area contributed by atoms with Gasteiger partial charge in [-0.3, -0.25) is 14.4 Å². The normalized spacial score (nSPS) is 14.7. The fourth-order valence-electron chi connectivity index (χ4n) is 1.96. The van der Waals surface area contributed by atoms with E-state index in [1.165, 1.54) is 18.9 Å². The van der Waals surface area contributed by atoms with E-state index < -0.39 is 0 Å². The maximum absolute atomic E-state index is 11.8. The van der Waals surface area contributed by atoms with Crippen molar-refractivity contribution < 1.29 is 19.1 Å². The first kappa shape index (κ1) is 13.1. The number of amides is 2. The van der Waals surface area contributed by atoms with Crippen LogP contribution in [0.25, 0.3) is 0 Å². The van der Waals surface area contributed by atoms with Gasteiger partial charge in [-0.2, -0.15) is 0 Å². The molecule has 2 rings (SSSR count). The van der Waals surface area contributed by atoms with Crippen LogP contribution in [0.2, 0.25) is 0 Å². The smallest absolute Gasteiger partial charge is 0.234 e. The molecule has 6 heteroatoms. The number of methoxy groups -OCH3 is 1. The summed E-state index contributed by atoms with van der Waals surface area (Å²) in [5, 5.41) is 2.64. The van der Waals surface area contributed by atoms with E-state index in [0.29, 0.717) is 17.1 Å². The minimum absolute atomic E-state index is 0.0264. The average molecular weight is 262 g/mol. The molecule has 0 aliphatic carbocycles. The first-order valence-corrected chi connectivity index (χ1v) is 5.79. The number of carbonyl (C=O) groups is 3. The minimum atomic E-state index is -0.273. The molecule has 0 radical (unpaired) electrons. The van der Waals surface area contributed by atoms with Crippen LogP contribution in [0.5, 0.6) is 5.75 Å². The molecule has 0 saturated carbocycles. The zero-order valence-corrected chi connectivity index (χ0v) is 10.7. The van der Waals surface area contributed by atoms with E-state index >= 15 is 0 Å². The SMILES string of the molecule is COc1ccc(NC(C)=O)c(N2CC(=O)CC2=O)c1. The third-order valence-corrected chi connectivity index (χ3v) is 2.79. The van der Waals surface area contributed by atoms with Crippen molar-refractivity contribution in [2.75, 3.05) is 23.9 Å². The van der Waals surface area contributed by atoms with E-state index in [2.05, 4.69) is 5.32 Å². The van der Waals surface area contributed by atoms with Crippen molar-refractivity contribution in [3.05, 3.63) is 18.2 Å². The molecule has 19 heavy (non-hydrogen) atoms. The van der Waals surface area contributed by atoms with Crippen LogP contribution in [0, 0.1) is 0 Å². The van der Waals surface area contributed by atoms with Crippen LogP contribution < -0.4 is 15.0 Å². The number of ketones is 1. The second-order valence-electron chi connectivity index (χ2n) is 4.26. The molecule has 1 heterocycles. The molecule has 0 unspecified atom stereocenters. The molecule has 0 spiro atoms. The van der Waals surface area contributed by atoms with Crippen LogP contribution in [0.15, 0.2) is 18.2 Å². The topological polar surface area (TPSA) is 75.7 Å². The summed E-state index contributed by atoms with van der Waals surface area (Å²) in [5.41, 5.74) is 0.960. The highest BCUT2D eigenvalue weighted by atomic mass is 16.5. The Hall–Kier alpha value is -2.37. The molecule has 1 aromatic rings. The average Bonchev–Trinajstić information content (AvgIpc) is 2.68. The molecule has 0 atom stereocenters. The Balaban J connectivity index is 2.42. The van der Waals surface area contributed by atoms with E-state index in [-0.39, 0.29) is 30.6 Å². The lowest BCUT2D eigenvalue weighted by Crippen LogP contribution is -2.26. The summed E-state index contributed by atoms with van der Waals surface area (Å²) in [4.78, 5) is 35.6. The van der Waals surface area contributed by atoms with Crippen molar-refractivity contribution >= 4 is 29.0 Å². The van der Waals surface area contributed by atoms with Crippen molar-refractivity contribution in [1.29, 1.82) is 0 Å². The van der Waals surface area contributed by atoms with Crippen LogP contribution in [0.3, 0.4) is 0 Å². The van der Waals surface area contributed by atoms with E-state index in [9.17, 15) is 14.4 Å². The predicted octanol–water partition coefficient (Wildman–Crippen LogP) is 0.959. The van der Waals surface area contributed by atoms with Gasteiger partial charge in [0.15, 0.2) is 5.78 Å². The molecule has 1 aliphatic heterocycles. The number of hydrogen-bond acceptors (Lipinski definition) is 4. The highest BCUT2D eigenvalue weighted by Gasteiger charge is 2.30. The van der Waals surface area contributed by atoms with Gasteiger partial charge in [-0.1, -0.05) is 0 Å². The summed E-state index contributed by atoms with van der Waals surface area (Å²) in [7, 11) is 1.51. The number of Topliss-reactive ketones (excluding diaryl/α,β-unsaturated/α-hetero) is 1. The Morgan fingerprint density at radius 1 is 1.37 bits per heavy atom. The van der Waals surface area contributed by atoms with Gasteiger partial charge in [-0.25, -0.2) is 0 Å². The fraction of sp³-hybridized carbons (Fsp3) is 0.308. The number of hydrogen-bond donors (Lipinski definition) is 1. The molecule has 100 valence electrons. The summed E-state index contributed by atoms with van der Waals surface area (Å²) < 4.78 is 5.10. The molecule has 1 fully saturated rings. The number of nitrogens with zero attached hydrogens (tertiary/aromatic N) is 1. The summed E-state index contributed by atoms with van der Waals surface area (Å²) in [5.74, 6) is -0.105. The maximum atomic E-state index is 11.8. The molecule has 1 aliphatic rings. The Labute approximate surface area is 110 Å². The monoisotopic (exact) mass is 262 g/mol. The van der Waals surface area contributed by atoms with Crippen LogP contribution in [0.1, 0.15) is 13.3 Å². The third kappa shape index (κ3) is 2.73. The summed E-state index contributed by atoms with van der Waals surface area (Å²) in [6.45, 7) is 1.41. The Bertz CT molecular complexity index is 554. The molecule has 2 amide bonds. The second-order valence-corrected chi connectivity index (χ2v) is 4.26. The lowest BCUT2D eigenvalue weighted by atomic mass is 10.2. The molecule has 0 aromatic heterocycles. The Kier molecular flexibility index (Phi) is 3.50. The number of ether oxygens (including phenoxy) is 1. The zero-order valence-electron chi connectivity index (χ0n) is 10.7. The molecule has 1 aromatic carbocycles. The van der Waals surface area contributed by atoms with Gasteiger partial charge in [0.2, 0.25) is 11.8 Å². The van der Waals surface area contributed by atoms with E-state index in [1.807, 2.05) is 0 Å². The molecular formula is C13H14N2O4. The number of nitrogens with one attached hydrogen (secondary N) is 1. The summed E-state index contributed by atoms with van der Waals surface area (Å²) >= 11 is 0. The van der Waals surface area contributed by atoms with Crippen molar-refractivity contribution in [1.82, 2.24) is 0 Å². The van der Waals surface area contributed by atoms with Crippen molar-refractivity contribution in [3.63, 3.8) is 0 Å². The van der Waals surface area contributed by atoms with Gasteiger partial charge < -0.3 is 15.0 Å². The van der Waals surface area contributed by atoms with E-state index in [0.717, 1.165) is 0 Å². The highest BCUT2D eigenvalue weighted by Crippen LogP contribution is 2.32. The van der Waals surface area contributed by atoms with Gasteiger partial charge in [-0.15, -0.1) is 0 Å². The van der Waals surface area contributed by atoms with Gasteiger partial charge in [-0.05, 0) is 12.1 Å². The van der Waals surface area contributed by atoms with Crippen LogP contribution in [0.4, 0.5) is 11.4 Å². The Morgan fingerprint density at radius 2 is 2.11 bits per heavy atom. The van der Waals surface area contributed by atoms with E-state index in [4.69, 9.17) is 4.74 Å². The number of anilines is 2. The second kappa shape index (κ2) is 5.09. The van der Waals surface area contributed by atoms with Crippen molar-refractivity contribution in [3.8, 4) is 5.75 Å². The zero-order chi connectivity index (χ0) is 14.0. The fourth-order valence-corrected chi connectivity index (χ4v) is 1.96. The third-order valence-electron chi connectivity index (χ3n) is 2.79. The highest BCUT2D eigenvalue weighted by molar-refractivity contribution is 6.16. The van der Waals surface area contributed by atoms with Gasteiger partial charge in [0.05, 0.1) is 31.5 Å².